The van der Waals surface area contributed by atoms with Crippen LogP contribution in [0.1, 0.15) is 16.8 Å². The first-order chi connectivity index (χ1) is 18.1. The first-order valence-electron chi connectivity index (χ1n) is 11.0. The van der Waals surface area contributed by atoms with Gasteiger partial charge in [0.1, 0.15) is 17.7 Å². The highest BCUT2D eigenvalue weighted by Gasteiger charge is 2.39. The summed E-state index contributed by atoms with van der Waals surface area (Å²) in [6.45, 7) is 3.07. The fourth-order valence-electron chi connectivity index (χ4n) is 3.68. The lowest BCUT2D eigenvalue weighted by molar-refractivity contribution is -0.193. The van der Waals surface area contributed by atoms with Crippen molar-refractivity contribution < 1.29 is 60.1 Å². The molecule has 0 spiro atoms. The third-order valence-corrected chi connectivity index (χ3v) is 5.38. The summed E-state index contributed by atoms with van der Waals surface area (Å²) in [6.07, 6.45) is -6.01. The Morgan fingerprint density at radius 1 is 0.897 bits per heavy atom. The number of ether oxygens (including phenoxy) is 1. The molecule has 3 heterocycles. The number of carboxylic acid groups (broad SMARTS) is 2. The Kier molecular flexibility index (Phi) is 10.6. The Balaban J connectivity index is 0.000000317. The Morgan fingerprint density at radius 2 is 1.46 bits per heavy atom. The Hall–Kier alpha value is -3.95. The largest absolute Gasteiger partial charge is 0.490 e. The van der Waals surface area contributed by atoms with Gasteiger partial charge in [-0.1, -0.05) is 6.07 Å². The molecule has 2 fully saturated rings. The van der Waals surface area contributed by atoms with Gasteiger partial charge in [0.15, 0.2) is 0 Å². The highest BCUT2D eigenvalue weighted by molar-refractivity contribution is 5.94. The number of halogens is 7. The second-order valence-electron chi connectivity index (χ2n) is 8.17. The van der Waals surface area contributed by atoms with Gasteiger partial charge in [0.25, 0.3) is 5.91 Å². The molecule has 2 atom stereocenters. The monoisotopic (exact) mass is 569 g/mol. The number of aromatic nitrogens is 1. The van der Waals surface area contributed by atoms with E-state index < -0.39 is 24.3 Å². The number of carbonyl (C=O) groups is 3. The smallest absolute Gasteiger partial charge is 0.489 e. The van der Waals surface area contributed by atoms with E-state index in [1.54, 1.807) is 36.7 Å². The van der Waals surface area contributed by atoms with Crippen LogP contribution in [0.4, 0.5) is 30.7 Å². The van der Waals surface area contributed by atoms with Crippen molar-refractivity contribution in [3.63, 3.8) is 0 Å². The van der Waals surface area contributed by atoms with E-state index >= 15 is 0 Å². The van der Waals surface area contributed by atoms with Crippen LogP contribution in [0.2, 0.25) is 0 Å². The molecule has 0 aliphatic carbocycles. The van der Waals surface area contributed by atoms with Gasteiger partial charge in [-0.2, -0.15) is 26.3 Å². The van der Waals surface area contributed by atoms with Gasteiger partial charge in [0.05, 0.1) is 0 Å². The molecule has 1 aromatic carbocycles. The molecule has 4 rings (SSSR count). The lowest BCUT2D eigenvalue weighted by Crippen LogP contribution is -2.52. The molecule has 16 heteroatoms. The molecule has 2 aliphatic heterocycles. The van der Waals surface area contributed by atoms with Crippen LogP contribution in [0, 0.1) is 5.82 Å². The van der Waals surface area contributed by atoms with Crippen molar-refractivity contribution in [1.29, 1.82) is 0 Å². The Morgan fingerprint density at radius 3 is 1.97 bits per heavy atom. The van der Waals surface area contributed by atoms with Crippen LogP contribution in [-0.2, 0) is 9.59 Å². The Bertz CT molecular complexity index is 1110. The summed E-state index contributed by atoms with van der Waals surface area (Å²) in [6, 6.07) is 10.0. The van der Waals surface area contributed by atoms with Gasteiger partial charge < -0.3 is 19.8 Å². The fourth-order valence-corrected chi connectivity index (χ4v) is 3.68. The number of amides is 1. The van der Waals surface area contributed by atoms with Crippen molar-refractivity contribution >= 4 is 17.8 Å². The van der Waals surface area contributed by atoms with Crippen LogP contribution in [0.15, 0.2) is 48.8 Å². The number of rotatable bonds is 3. The summed E-state index contributed by atoms with van der Waals surface area (Å²) < 4.78 is 82.7. The summed E-state index contributed by atoms with van der Waals surface area (Å²) >= 11 is 0. The van der Waals surface area contributed by atoms with Crippen molar-refractivity contribution in [2.45, 2.75) is 30.9 Å². The van der Waals surface area contributed by atoms with Gasteiger partial charge in [-0.3, -0.25) is 14.7 Å². The maximum atomic E-state index is 13.3. The summed E-state index contributed by atoms with van der Waals surface area (Å²) in [5.41, 5.74) is 0.675. The molecule has 0 bridgehead atoms. The molecule has 0 radical (unpaired) electrons. The van der Waals surface area contributed by atoms with Crippen LogP contribution in [0.5, 0.6) is 5.75 Å². The third-order valence-electron chi connectivity index (χ3n) is 5.38. The molecule has 1 amide bonds. The summed E-state index contributed by atoms with van der Waals surface area (Å²) in [7, 11) is 0. The molecule has 2 saturated heterocycles. The fraction of sp³-hybridized carbons (Fsp3) is 0.391. The van der Waals surface area contributed by atoms with Gasteiger partial charge in [-0.05, 0) is 24.3 Å². The van der Waals surface area contributed by atoms with E-state index in [1.165, 1.54) is 12.1 Å². The number of benzene rings is 1. The number of pyridine rings is 1. The molecular weight excluding hydrogens is 547 g/mol. The van der Waals surface area contributed by atoms with E-state index in [0.29, 0.717) is 24.4 Å². The van der Waals surface area contributed by atoms with Crippen LogP contribution < -0.4 is 4.74 Å². The van der Waals surface area contributed by atoms with E-state index in [1.807, 2.05) is 4.90 Å². The van der Waals surface area contributed by atoms with Gasteiger partial charge >= 0.3 is 24.3 Å². The van der Waals surface area contributed by atoms with E-state index in [9.17, 15) is 35.5 Å². The van der Waals surface area contributed by atoms with Crippen molar-refractivity contribution in [3.05, 3.63) is 60.2 Å². The number of carbonyl (C=O) groups excluding carboxylic acids is 1. The topological polar surface area (TPSA) is 120 Å². The molecule has 1 aromatic heterocycles. The SMILES string of the molecule is O=C(O)C(F)(F)F.O=C(O)C(F)(F)F.O=C(c1ccncc1)N1CCN2C[C@H](Oc3cccc(F)c3)C[C@H]2C1. The zero-order valence-electron chi connectivity index (χ0n) is 19.8. The second-order valence-corrected chi connectivity index (χ2v) is 8.17. The highest BCUT2D eigenvalue weighted by Crippen LogP contribution is 2.27. The Labute approximate surface area is 216 Å². The summed E-state index contributed by atoms with van der Waals surface area (Å²) in [5.74, 6) is -5.19. The number of fused-ring (bicyclic) bond motifs is 1. The lowest BCUT2D eigenvalue weighted by atomic mass is 10.1. The van der Waals surface area contributed by atoms with Crippen LogP contribution in [0.25, 0.3) is 0 Å². The first kappa shape index (κ1) is 31.3. The van der Waals surface area contributed by atoms with Crippen LogP contribution in [0.3, 0.4) is 0 Å². The number of piperazine rings is 1. The van der Waals surface area contributed by atoms with E-state index in [-0.39, 0.29) is 23.9 Å². The third kappa shape index (κ3) is 10.0. The van der Waals surface area contributed by atoms with Gasteiger partial charge in [0.2, 0.25) is 0 Å². The lowest BCUT2D eigenvalue weighted by Gasteiger charge is -2.37. The van der Waals surface area contributed by atoms with Gasteiger partial charge in [-0.25, -0.2) is 14.0 Å². The maximum Gasteiger partial charge on any atom is 0.490 e. The molecule has 2 aromatic rings. The number of aliphatic carboxylic acids is 2. The average Bonchev–Trinajstić information content (AvgIpc) is 3.25. The normalized spacial score (nSPS) is 19.0. The van der Waals surface area contributed by atoms with Crippen molar-refractivity contribution in [3.8, 4) is 5.75 Å². The minimum absolute atomic E-state index is 0.0303. The predicted molar refractivity (Wildman–Crippen MR) is 118 cm³/mol. The van der Waals surface area contributed by atoms with E-state index in [2.05, 4.69) is 9.88 Å². The molecule has 0 saturated carbocycles. The van der Waals surface area contributed by atoms with Crippen molar-refractivity contribution in [2.75, 3.05) is 26.2 Å². The number of hydrogen-bond acceptors (Lipinski definition) is 6. The molecular formula is C23H22F7N3O6. The summed E-state index contributed by atoms with van der Waals surface area (Å²) in [4.78, 5) is 38.6. The van der Waals surface area contributed by atoms with Gasteiger partial charge in [-0.15, -0.1) is 0 Å². The van der Waals surface area contributed by atoms with E-state index in [0.717, 1.165) is 19.5 Å². The standard InChI is InChI=1S/C19H20FN3O2.2C2HF3O2/c20-15-2-1-3-17(10-15)25-18-11-16-12-23(9-8-22(16)13-18)19(24)14-4-6-21-7-5-14;2*3-2(4,5)1(6)7/h1-7,10,16,18H,8-9,11-13H2;2*(H,6,7)/t16-,18+;;/m0../s1. The number of nitrogens with zero attached hydrogens (tertiary/aromatic N) is 3. The molecule has 0 unspecified atom stereocenters. The first-order valence-corrected chi connectivity index (χ1v) is 11.0. The molecule has 2 aliphatic rings. The molecule has 39 heavy (non-hydrogen) atoms. The van der Waals surface area contributed by atoms with Crippen molar-refractivity contribution in [1.82, 2.24) is 14.8 Å². The molecule has 2 N–H and O–H groups in total. The predicted octanol–water partition coefficient (Wildman–Crippen LogP) is 3.47. The zero-order chi connectivity index (χ0) is 29.4. The molecule has 214 valence electrons. The number of hydrogen-bond donors (Lipinski definition) is 2. The average molecular weight is 569 g/mol. The second kappa shape index (κ2) is 13.2. The maximum absolute atomic E-state index is 13.3. The highest BCUT2D eigenvalue weighted by atomic mass is 19.4. The summed E-state index contributed by atoms with van der Waals surface area (Å²) in [5, 5.41) is 14.2. The molecule has 9 nitrogen and oxygen atoms in total. The van der Waals surface area contributed by atoms with Crippen LogP contribution in [-0.4, -0.2) is 93.5 Å². The van der Waals surface area contributed by atoms with Crippen LogP contribution >= 0.6 is 0 Å². The van der Waals surface area contributed by atoms with E-state index in [4.69, 9.17) is 24.5 Å². The zero-order valence-corrected chi connectivity index (χ0v) is 19.8. The number of carboxylic acids is 2. The number of alkyl halides is 6. The van der Waals surface area contributed by atoms with Crippen molar-refractivity contribution in [2.24, 2.45) is 0 Å². The minimum atomic E-state index is -5.08. The quantitative estimate of drug-likeness (QED) is 0.540. The van der Waals surface area contributed by atoms with Gasteiger partial charge in [0, 0.05) is 62.7 Å². The minimum Gasteiger partial charge on any atom is -0.489 e.